The number of rotatable bonds is 13. The summed E-state index contributed by atoms with van der Waals surface area (Å²) < 4.78 is 12.4. The third kappa shape index (κ3) is 5.58. The van der Waals surface area contributed by atoms with Crippen molar-refractivity contribution < 1.29 is 29.0 Å². The molecule has 3 aliphatic rings. The van der Waals surface area contributed by atoms with E-state index in [0.717, 1.165) is 16.8 Å². The van der Waals surface area contributed by atoms with E-state index in [1.165, 1.54) is 4.90 Å². The number of fused-ring (bicyclic) bond motifs is 1. The van der Waals surface area contributed by atoms with Gasteiger partial charge in [-0.25, -0.2) is 0 Å². The first-order valence-corrected chi connectivity index (χ1v) is 16.9. The lowest BCUT2D eigenvalue weighted by atomic mass is 9.70. The first-order valence-electron chi connectivity index (χ1n) is 16.0. The Morgan fingerprint density at radius 1 is 1.11 bits per heavy atom. The maximum atomic E-state index is 14.9. The molecule has 0 aromatic heterocycles. The van der Waals surface area contributed by atoms with Gasteiger partial charge in [0.05, 0.1) is 37.2 Å². The summed E-state index contributed by atoms with van der Waals surface area (Å²) in [6.45, 7) is 16.1. The number of nitrogens with zero attached hydrogens (tertiary/aromatic N) is 3. The molecule has 3 aliphatic heterocycles. The van der Waals surface area contributed by atoms with E-state index in [2.05, 4.69) is 29.1 Å². The predicted molar refractivity (Wildman–Crippen MR) is 182 cm³/mol. The van der Waals surface area contributed by atoms with Crippen molar-refractivity contribution in [3.63, 3.8) is 0 Å². The van der Waals surface area contributed by atoms with Gasteiger partial charge in [-0.15, -0.1) is 13.2 Å². The normalized spacial score (nSPS) is 26.9. The largest absolute Gasteiger partial charge is 0.494 e. The molecule has 1 N–H and O–H groups in total. The Bertz CT molecular complexity index is 1490. The van der Waals surface area contributed by atoms with Gasteiger partial charge in [-0.2, -0.15) is 0 Å². The number of anilines is 2. The van der Waals surface area contributed by atoms with E-state index in [9.17, 15) is 19.5 Å². The number of likely N-dealkylation sites (tertiary alicyclic amines) is 1. The number of carbonyl (C=O) groups excluding carboxylic acids is 3. The van der Waals surface area contributed by atoms with E-state index in [0.29, 0.717) is 30.9 Å². The average Bonchev–Trinajstić information content (AvgIpc) is 3.64. The third-order valence-electron chi connectivity index (χ3n) is 9.59. The molecule has 1 spiro atoms. The summed E-state index contributed by atoms with van der Waals surface area (Å²) in [5.74, 6) is -2.02. The Hall–Kier alpha value is -3.47. The summed E-state index contributed by atoms with van der Waals surface area (Å²) in [4.78, 5) is 48.7. The molecule has 46 heavy (non-hydrogen) atoms. The number of hydrogen-bond donors (Lipinski definition) is 1. The fourth-order valence-corrected chi connectivity index (χ4v) is 8.49. The second-order valence-electron chi connectivity index (χ2n) is 12.3. The number of amides is 3. The summed E-state index contributed by atoms with van der Waals surface area (Å²) in [6, 6.07) is 11.5. The highest BCUT2D eigenvalue weighted by Crippen LogP contribution is 2.61. The molecule has 246 valence electrons. The quantitative estimate of drug-likeness (QED) is 0.235. The van der Waals surface area contributed by atoms with Crippen molar-refractivity contribution in [2.24, 2.45) is 11.8 Å². The molecule has 2 aromatic rings. The summed E-state index contributed by atoms with van der Waals surface area (Å²) in [6.07, 6.45) is 3.47. The van der Waals surface area contributed by atoms with Gasteiger partial charge in [0.2, 0.25) is 11.8 Å². The van der Waals surface area contributed by atoms with Gasteiger partial charge in [0.25, 0.3) is 5.91 Å². The smallest absolute Gasteiger partial charge is 0.253 e. The number of carbonyl (C=O) groups is 3. The number of ether oxygens (including phenoxy) is 2. The second kappa shape index (κ2) is 13.7. The second-order valence-corrected chi connectivity index (χ2v) is 13.5. The summed E-state index contributed by atoms with van der Waals surface area (Å²) in [5, 5.41) is 10.5. The number of aliphatic hydroxyl groups excluding tert-OH is 1. The lowest BCUT2D eigenvalue weighted by Crippen LogP contribution is -2.59. The first-order chi connectivity index (χ1) is 22.1. The molecule has 5 rings (SSSR count). The monoisotopic (exact) mass is 693 g/mol. The fourth-order valence-electron chi connectivity index (χ4n) is 7.55. The molecule has 2 bridgehead atoms. The summed E-state index contributed by atoms with van der Waals surface area (Å²) in [5.41, 5.74) is 1.97. The van der Waals surface area contributed by atoms with Gasteiger partial charge in [-0.1, -0.05) is 47.1 Å². The van der Waals surface area contributed by atoms with E-state index in [4.69, 9.17) is 9.47 Å². The SMILES string of the molecule is C=CCN(C(=O)[C@H]1[C@@H]2OC3(CC2Br)C(C(=O)N(CC=C)c2cc(C)ccc2C)N([C@@H](CC)CO)C(=O)[C@H]13)c1ccc(OCC)cc1. The number of benzene rings is 2. The van der Waals surface area contributed by atoms with Crippen LogP contribution in [0.1, 0.15) is 37.8 Å². The van der Waals surface area contributed by atoms with Crippen molar-refractivity contribution in [2.45, 2.75) is 69.2 Å². The van der Waals surface area contributed by atoms with Crippen molar-refractivity contribution in [1.29, 1.82) is 0 Å². The van der Waals surface area contributed by atoms with Gasteiger partial charge >= 0.3 is 0 Å². The van der Waals surface area contributed by atoms with E-state index in [1.54, 1.807) is 34.1 Å². The van der Waals surface area contributed by atoms with Gasteiger partial charge < -0.3 is 29.3 Å². The van der Waals surface area contributed by atoms with E-state index < -0.39 is 35.6 Å². The zero-order valence-corrected chi connectivity index (χ0v) is 28.6. The molecular formula is C36H44BrN3O6. The summed E-state index contributed by atoms with van der Waals surface area (Å²) >= 11 is 3.78. The minimum Gasteiger partial charge on any atom is -0.494 e. The molecule has 9 nitrogen and oxygen atoms in total. The van der Waals surface area contributed by atoms with Gasteiger partial charge in [0.1, 0.15) is 17.4 Å². The molecule has 3 heterocycles. The number of alkyl halides is 1. The fraction of sp³-hybridized carbons (Fsp3) is 0.472. The highest BCUT2D eigenvalue weighted by Gasteiger charge is 2.77. The van der Waals surface area contributed by atoms with E-state index in [1.807, 2.05) is 58.0 Å². The molecular weight excluding hydrogens is 650 g/mol. The van der Waals surface area contributed by atoms with Crippen LogP contribution in [0.3, 0.4) is 0 Å². The molecule has 7 atom stereocenters. The van der Waals surface area contributed by atoms with Crippen LogP contribution in [0.25, 0.3) is 0 Å². The Morgan fingerprint density at radius 3 is 2.39 bits per heavy atom. The zero-order valence-electron chi connectivity index (χ0n) is 27.0. The number of aliphatic hydroxyl groups is 1. The molecule has 0 aliphatic carbocycles. The molecule has 0 saturated carbocycles. The van der Waals surface area contributed by atoms with Crippen LogP contribution >= 0.6 is 15.9 Å². The number of aryl methyl sites for hydroxylation is 2. The van der Waals surface area contributed by atoms with Crippen LogP contribution in [0.2, 0.25) is 0 Å². The average molecular weight is 695 g/mol. The predicted octanol–water partition coefficient (Wildman–Crippen LogP) is 4.96. The topological polar surface area (TPSA) is 99.6 Å². The number of hydrogen-bond acceptors (Lipinski definition) is 6. The molecule has 2 aromatic carbocycles. The van der Waals surface area contributed by atoms with E-state index >= 15 is 0 Å². The van der Waals surface area contributed by atoms with Gasteiger partial charge in [-0.3, -0.25) is 14.4 Å². The maximum Gasteiger partial charge on any atom is 0.253 e. The van der Waals surface area contributed by atoms with Crippen molar-refractivity contribution in [1.82, 2.24) is 4.90 Å². The number of halogens is 1. The standard InChI is InChI=1S/C36H44BrN3O6/c1-7-17-38(25-13-15-26(16-14-25)45-10-4)33(42)29-30-34(43)40(24(9-3)21-41)32(36(30)20-27(37)31(29)46-36)35(44)39(18-8-2)28-19-22(5)11-12-23(28)6/h7-8,11-16,19,24,27,29-32,41H,1-2,9-10,17-18,20-21H2,3-6H3/t24-,27?,29+,30-,31+,32?,36?/m0/s1. The minimum absolute atomic E-state index is 0.215. The Kier molecular flexibility index (Phi) is 10.1. The summed E-state index contributed by atoms with van der Waals surface area (Å²) in [7, 11) is 0. The van der Waals surface area contributed by atoms with Crippen molar-refractivity contribution in [3.05, 3.63) is 78.9 Å². The van der Waals surface area contributed by atoms with Crippen LogP contribution < -0.4 is 14.5 Å². The van der Waals surface area contributed by atoms with Crippen LogP contribution in [-0.4, -0.2) is 82.6 Å². The molecule has 3 saturated heterocycles. The van der Waals surface area contributed by atoms with Crippen LogP contribution in [0.5, 0.6) is 5.75 Å². The lowest BCUT2D eigenvalue weighted by Gasteiger charge is -2.39. The Labute approximate surface area is 280 Å². The molecule has 3 amide bonds. The highest BCUT2D eigenvalue weighted by molar-refractivity contribution is 9.09. The van der Waals surface area contributed by atoms with Gasteiger partial charge in [0.15, 0.2) is 0 Å². The van der Waals surface area contributed by atoms with Crippen LogP contribution in [0, 0.1) is 25.7 Å². The zero-order chi connectivity index (χ0) is 33.3. The highest BCUT2D eigenvalue weighted by atomic mass is 79.9. The third-order valence-corrected chi connectivity index (χ3v) is 10.4. The molecule has 3 fully saturated rings. The van der Waals surface area contributed by atoms with Crippen LogP contribution in [0.4, 0.5) is 11.4 Å². The Morgan fingerprint density at radius 2 is 1.78 bits per heavy atom. The van der Waals surface area contributed by atoms with Gasteiger partial charge in [0, 0.05) is 29.3 Å². The maximum absolute atomic E-state index is 14.9. The Balaban J connectivity index is 1.61. The van der Waals surface area contributed by atoms with Crippen molar-refractivity contribution in [2.75, 3.05) is 36.1 Å². The molecule has 10 heteroatoms. The molecule has 3 unspecified atom stereocenters. The van der Waals surface area contributed by atoms with Crippen LogP contribution in [0.15, 0.2) is 67.8 Å². The molecule has 0 radical (unpaired) electrons. The van der Waals surface area contributed by atoms with Crippen molar-refractivity contribution >= 4 is 45.0 Å². The first kappa shape index (κ1) is 33.9. The minimum atomic E-state index is -1.27. The van der Waals surface area contributed by atoms with Gasteiger partial charge in [-0.05, 0) is 75.1 Å². The van der Waals surface area contributed by atoms with Crippen LogP contribution in [-0.2, 0) is 19.1 Å². The van der Waals surface area contributed by atoms with E-state index in [-0.39, 0.29) is 42.2 Å². The lowest BCUT2D eigenvalue weighted by molar-refractivity contribution is -0.144. The van der Waals surface area contributed by atoms with Crippen molar-refractivity contribution in [3.8, 4) is 5.75 Å².